The average molecular weight is 212 g/mol. The second-order valence-corrected chi connectivity index (χ2v) is 4.19. The highest BCUT2D eigenvalue weighted by atomic mass is 16.3. The van der Waals surface area contributed by atoms with Gasteiger partial charge in [-0.1, -0.05) is 50.8 Å². The third kappa shape index (κ3) is 1.94. The van der Waals surface area contributed by atoms with E-state index in [0.29, 0.717) is 5.92 Å². The van der Waals surface area contributed by atoms with E-state index in [1.54, 1.807) is 6.08 Å². The van der Waals surface area contributed by atoms with Crippen molar-refractivity contribution in [1.82, 2.24) is 0 Å². The number of rotatable bonds is 2. The van der Waals surface area contributed by atoms with Crippen LogP contribution in [-0.4, -0.2) is 0 Å². The molecule has 0 amide bonds. The number of fused-ring (bicyclic) bond motifs is 1. The predicted molar refractivity (Wildman–Crippen MR) is 69.4 cm³/mol. The summed E-state index contributed by atoms with van der Waals surface area (Å²) < 4.78 is 5.78. The number of hydrogen-bond donors (Lipinski definition) is 0. The average Bonchev–Trinajstić information content (AvgIpc) is 2.57. The van der Waals surface area contributed by atoms with Gasteiger partial charge < -0.3 is 4.42 Å². The van der Waals surface area contributed by atoms with E-state index in [1.165, 1.54) is 10.6 Å². The van der Waals surface area contributed by atoms with Gasteiger partial charge in [0.2, 0.25) is 0 Å². The minimum Gasteiger partial charge on any atom is -0.456 e. The van der Waals surface area contributed by atoms with E-state index in [2.05, 4.69) is 32.6 Å². The van der Waals surface area contributed by atoms with Crippen molar-refractivity contribution >= 4 is 23.1 Å². The van der Waals surface area contributed by atoms with Gasteiger partial charge >= 0.3 is 0 Å². The van der Waals surface area contributed by atoms with Crippen molar-refractivity contribution in [2.45, 2.75) is 13.8 Å². The van der Waals surface area contributed by atoms with Crippen LogP contribution in [-0.2, 0) is 0 Å². The lowest BCUT2D eigenvalue weighted by Crippen LogP contribution is -2.20. The van der Waals surface area contributed by atoms with Gasteiger partial charge in [-0.25, -0.2) is 0 Å². The third-order valence-electron chi connectivity index (χ3n) is 2.43. The highest BCUT2D eigenvalue weighted by molar-refractivity contribution is 5.79. The fourth-order valence-corrected chi connectivity index (χ4v) is 1.82. The molecule has 0 radical (unpaired) electrons. The van der Waals surface area contributed by atoms with Crippen molar-refractivity contribution in [1.29, 1.82) is 0 Å². The number of hydrogen-bond acceptors (Lipinski definition) is 1. The van der Waals surface area contributed by atoms with Crippen LogP contribution in [0.5, 0.6) is 0 Å². The zero-order chi connectivity index (χ0) is 11.5. The monoisotopic (exact) mass is 212 g/mol. The van der Waals surface area contributed by atoms with E-state index in [9.17, 15) is 0 Å². The number of furan rings is 1. The summed E-state index contributed by atoms with van der Waals surface area (Å²) in [5.41, 5.74) is 1.83. The maximum Gasteiger partial charge on any atom is 0.135 e. The van der Waals surface area contributed by atoms with Gasteiger partial charge in [0.05, 0.1) is 0 Å². The van der Waals surface area contributed by atoms with Gasteiger partial charge in [-0.15, -0.1) is 0 Å². The Kier molecular flexibility index (Phi) is 2.95. The highest BCUT2D eigenvalue weighted by Gasteiger charge is 2.01. The Hall–Kier alpha value is -1.76. The van der Waals surface area contributed by atoms with E-state index in [1.807, 2.05) is 24.3 Å². The molecule has 2 rings (SSSR count). The Labute approximate surface area is 95.4 Å². The smallest absolute Gasteiger partial charge is 0.135 e. The highest BCUT2D eigenvalue weighted by Crippen LogP contribution is 2.07. The fraction of sp³-hybridized carbons (Fsp3) is 0.200. The summed E-state index contributed by atoms with van der Waals surface area (Å²) in [6.07, 6.45) is 5.89. The Balaban J connectivity index is 2.91. The molecular formula is C15H16O. The van der Waals surface area contributed by atoms with Crippen molar-refractivity contribution in [3.63, 3.8) is 0 Å². The summed E-state index contributed by atoms with van der Waals surface area (Å²) in [5.74, 6) is 0.498. The molecule has 0 atom stereocenters. The van der Waals surface area contributed by atoms with Crippen LogP contribution in [0.4, 0.5) is 0 Å². The van der Waals surface area contributed by atoms with Crippen molar-refractivity contribution in [2.24, 2.45) is 5.92 Å². The maximum atomic E-state index is 5.78. The van der Waals surface area contributed by atoms with Crippen LogP contribution in [0.1, 0.15) is 13.8 Å². The molecule has 1 nitrogen and oxygen atoms in total. The van der Waals surface area contributed by atoms with Gasteiger partial charge in [0.1, 0.15) is 11.0 Å². The largest absolute Gasteiger partial charge is 0.456 e. The Bertz CT molecular complexity index is 614. The van der Waals surface area contributed by atoms with Crippen LogP contribution >= 0.6 is 0 Å². The minimum atomic E-state index is 0.498. The molecule has 0 saturated heterocycles. The molecule has 0 unspecified atom stereocenters. The zero-order valence-electron chi connectivity index (χ0n) is 9.73. The summed E-state index contributed by atoms with van der Waals surface area (Å²) in [5, 5.41) is 2.34. The molecule has 0 aliphatic carbocycles. The van der Waals surface area contributed by atoms with Crippen LogP contribution in [0.25, 0.3) is 23.1 Å². The van der Waals surface area contributed by atoms with Crippen LogP contribution < -0.4 is 10.6 Å². The van der Waals surface area contributed by atoms with E-state index < -0.39 is 0 Å². The van der Waals surface area contributed by atoms with Gasteiger partial charge in [-0.05, 0) is 18.1 Å². The van der Waals surface area contributed by atoms with Gasteiger partial charge in [-0.2, -0.15) is 0 Å². The maximum absolute atomic E-state index is 5.78. The first kappa shape index (κ1) is 10.7. The fourth-order valence-electron chi connectivity index (χ4n) is 1.82. The molecule has 0 bridgehead atoms. The molecule has 0 saturated carbocycles. The van der Waals surface area contributed by atoms with Crippen LogP contribution in [0.15, 0.2) is 41.3 Å². The molecule has 0 aliphatic heterocycles. The van der Waals surface area contributed by atoms with Crippen LogP contribution in [0.2, 0.25) is 0 Å². The summed E-state index contributed by atoms with van der Waals surface area (Å²) in [7, 11) is 0. The normalized spacial score (nSPS) is 13.9. The van der Waals surface area contributed by atoms with E-state index in [4.69, 9.17) is 4.42 Å². The molecule has 1 heteroatoms. The quantitative estimate of drug-likeness (QED) is 0.746. The first-order chi connectivity index (χ1) is 7.72. The molecule has 2 aromatic rings. The van der Waals surface area contributed by atoms with Crippen molar-refractivity contribution < 1.29 is 4.42 Å². The Morgan fingerprint density at radius 2 is 2.00 bits per heavy atom. The standard InChI is InChI=1S/C15H16O/c1-4-7-14-13(10-11(2)3)12-8-5-6-9-15(12)16-14/h4-11H,1H2,2-3H3/b13-10-,14-7+. The Morgan fingerprint density at radius 1 is 1.25 bits per heavy atom. The molecule has 0 spiro atoms. The lowest BCUT2D eigenvalue weighted by molar-refractivity contribution is 0.575. The van der Waals surface area contributed by atoms with E-state index in [-0.39, 0.29) is 0 Å². The molecule has 0 fully saturated rings. The second-order valence-electron chi connectivity index (χ2n) is 4.19. The molecule has 82 valence electrons. The SMILES string of the molecule is C=C/C=c1/oc2ccccc2/c1=C/C(C)C. The minimum absolute atomic E-state index is 0.498. The summed E-state index contributed by atoms with van der Waals surface area (Å²) >= 11 is 0. The summed E-state index contributed by atoms with van der Waals surface area (Å²) in [4.78, 5) is 0. The van der Waals surface area contributed by atoms with Gasteiger partial charge in [0, 0.05) is 10.6 Å². The third-order valence-corrected chi connectivity index (χ3v) is 2.43. The topological polar surface area (TPSA) is 13.1 Å². The van der Waals surface area contributed by atoms with Crippen LogP contribution in [0, 0.1) is 5.92 Å². The molecule has 1 aromatic heterocycles. The van der Waals surface area contributed by atoms with E-state index in [0.717, 1.165) is 11.0 Å². The molecule has 1 aromatic carbocycles. The number of para-hydroxylation sites is 1. The lowest BCUT2D eigenvalue weighted by atomic mass is 10.1. The first-order valence-electron chi connectivity index (χ1n) is 5.54. The van der Waals surface area contributed by atoms with Gasteiger partial charge in [0.25, 0.3) is 0 Å². The first-order valence-corrected chi connectivity index (χ1v) is 5.54. The molecule has 0 aliphatic rings. The van der Waals surface area contributed by atoms with Crippen molar-refractivity contribution in [2.75, 3.05) is 0 Å². The number of allylic oxidation sites excluding steroid dienone is 1. The molecular weight excluding hydrogens is 196 g/mol. The second kappa shape index (κ2) is 4.40. The van der Waals surface area contributed by atoms with Gasteiger partial charge in [0.15, 0.2) is 0 Å². The molecule has 1 heterocycles. The lowest BCUT2D eigenvalue weighted by Gasteiger charge is -1.91. The Morgan fingerprint density at radius 3 is 2.69 bits per heavy atom. The van der Waals surface area contributed by atoms with Crippen LogP contribution in [0.3, 0.4) is 0 Å². The predicted octanol–water partition coefficient (Wildman–Crippen LogP) is 2.84. The zero-order valence-corrected chi connectivity index (χ0v) is 9.73. The van der Waals surface area contributed by atoms with Crippen molar-refractivity contribution in [3.05, 3.63) is 47.6 Å². The summed E-state index contributed by atoms with van der Waals surface area (Å²) in [6.45, 7) is 8.05. The molecule has 0 N–H and O–H groups in total. The molecule has 16 heavy (non-hydrogen) atoms. The summed E-state index contributed by atoms with van der Waals surface area (Å²) in [6, 6.07) is 8.11. The van der Waals surface area contributed by atoms with Gasteiger partial charge in [-0.3, -0.25) is 0 Å². The van der Waals surface area contributed by atoms with Crippen molar-refractivity contribution in [3.8, 4) is 0 Å². The number of benzene rings is 1. The van der Waals surface area contributed by atoms with E-state index >= 15 is 0 Å².